The van der Waals surface area contributed by atoms with Gasteiger partial charge in [0.2, 0.25) is 5.95 Å². The molecule has 1 saturated heterocycles. The first-order valence-electron chi connectivity index (χ1n) is 7.27. The number of nitrogen functional groups attached to an aromatic ring is 1. The highest BCUT2D eigenvalue weighted by atomic mass is 15.2. The lowest BCUT2D eigenvalue weighted by Gasteiger charge is -2.18. The lowest BCUT2D eigenvalue weighted by Crippen LogP contribution is -2.30. The average molecular weight is 294 g/mol. The van der Waals surface area contributed by atoms with Crippen molar-refractivity contribution in [2.45, 2.75) is 12.5 Å². The first-order chi connectivity index (χ1) is 10.7. The van der Waals surface area contributed by atoms with E-state index < -0.39 is 0 Å². The maximum atomic E-state index is 9.25. The third-order valence-electron chi connectivity index (χ3n) is 3.97. The Morgan fingerprint density at radius 3 is 2.91 bits per heavy atom. The Kier molecular flexibility index (Phi) is 3.90. The summed E-state index contributed by atoms with van der Waals surface area (Å²) < 4.78 is 0. The largest absolute Gasteiger partial charge is 0.368 e. The van der Waals surface area contributed by atoms with Gasteiger partial charge < -0.3 is 16.0 Å². The second-order valence-electron chi connectivity index (χ2n) is 5.35. The molecule has 0 saturated carbocycles. The SMILES string of the molecule is CNC1CCN(c2cc(-c3ccccc3C#N)nc(N)n2)C1. The predicted octanol–water partition coefficient (Wildman–Crippen LogP) is 1.40. The molecule has 1 aromatic carbocycles. The number of rotatable bonds is 3. The van der Waals surface area contributed by atoms with Crippen LogP contribution in [0.2, 0.25) is 0 Å². The number of hydrogen-bond acceptors (Lipinski definition) is 6. The zero-order valence-corrected chi connectivity index (χ0v) is 12.5. The molecule has 1 aliphatic rings. The molecule has 0 aliphatic carbocycles. The van der Waals surface area contributed by atoms with Gasteiger partial charge in [0.1, 0.15) is 5.82 Å². The Bertz CT molecular complexity index is 721. The zero-order valence-electron chi connectivity index (χ0n) is 12.5. The number of aromatic nitrogens is 2. The highest BCUT2D eigenvalue weighted by Crippen LogP contribution is 2.27. The minimum absolute atomic E-state index is 0.230. The molecule has 1 aliphatic heterocycles. The topological polar surface area (TPSA) is 90.9 Å². The van der Waals surface area contributed by atoms with Gasteiger partial charge in [0.15, 0.2) is 0 Å². The summed E-state index contributed by atoms with van der Waals surface area (Å²) >= 11 is 0. The summed E-state index contributed by atoms with van der Waals surface area (Å²) in [7, 11) is 1.97. The molecule has 0 amide bonds. The molecule has 6 heteroatoms. The monoisotopic (exact) mass is 294 g/mol. The number of anilines is 2. The molecular weight excluding hydrogens is 276 g/mol. The van der Waals surface area contributed by atoms with Crippen molar-refractivity contribution in [1.29, 1.82) is 5.26 Å². The molecule has 0 spiro atoms. The fourth-order valence-electron chi connectivity index (χ4n) is 2.76. The molecular formula is C16H18N6. The molecule has 0 bridgehead atoms. The molecule has 112 valence electrons. The molecule has 22 heavy (non-hydrogen) atoms. The molecule has 3 N–H and O–H groups in total. The van der Waals surface area contributed by atoms with Crippen LogP contribution < -0.4 is 16.0 Å². The fourth-order valence-corrected chi connectivity index (χ4v) is 2.76. The fraction of sp³-hybridized carbons (Fsp3) is 0.312. The van der Waals surface area contributed by atoms with Gasteiger partial charge in [-0.3, -0.25) is 0 Å². The Morgan fingerprint density at radius 2 is 2.18 bits per heavy atom. The van der Waals surface area contributed by atoms with E-state index in [9.17, 15) is 5.26 Å². The van der Waals surface area contributed by atoms with Crippen molar-refractivity contribution in [1.82, 2.24) is 15.3 Å². The van der Waals surface area contributed by atoms with Crippen LogP contribution in [0.25, 0.3) is 11.3 Å². The van der Waals surface area contributed by atoms with E-state index in [4.69, 9.17) is 5.73 Å². The molecule has 6 nitrogen and oxygen atoms in total. The van der Waals surface area contributed by atoms with E-state index in [-0.39, 0.29) is 5.95 Å². The quantitative estimate of drug-likeness (QED) is 0.889. The van der Waals surface area contributed by atoms with Gasteiger partial charge in [-0.15, -0.1) is 0 Å². The summed E-state index contributed by atoms with van der Waals surface area (Å²) in [6.45, 7) is 1.83. The third-order valence-corrected chi connectivity index (χ3v) is 3.97. The maximum Gasteiger partial charge on any atom is 0.222 e. The van der Waals surface area contributed by atoms with Crippen molar-refractivity contribution < 1.29 is 0 Å². The van der Waals surface area contributed by atoms with Gasteiger partial charge in [-0.1, -0.05) is 18.2 Å². The van der Waals surface area contributed by atoms with E-state index in [0.717, 1.165) is 30.9 Å². The van der Waals surface area contributed by atoms with Crippen LogP contribution in [0, 0.1) is 11.3 Å². The highest BCUT2D eigenvalue weighted by molar-refractivity contribution is 5.70. The van der Waals surface area contributed by atoms with E-state index in [1.807, 2.05) is 31.3 Å². The molecule has 3 rings (SSSR count). The molecule has 1 atom stereocenters. The van der Waals surface area contributed by atoms with E-state index in [0.29, 0.717) is 17.3 Å². The Labute approximate surface area is 129 Å². The Morgan fingerprint density at radius 1 is 1.36 bits per heavy atom. The number of nitrogens with one attached hydrogen (secondary N) is 1. The van der Waals surface area contributed by atoms with Crippen molar-refractivity contribution >= 4 is 11.8 Å². The first kappa shape index (κ1) is 14.3. The molecule has 1 unspecified atom stereocenters. The maximum absolute atomic E-state index is 9.25. The zero-order chi connectivity index (χ0) is 15.5. The average Bonchev–Trinajstić information content (AvgIpc) is 3.03. The van der Waals surface area contributed by atoms with Crippen LogP contribution in [0.1, 0.15) is 12.0 Å². The summed E-state index contributed by atoms with van der Waals surface area (Å²) in [4.78, 5) is 10.8. The van der Waals surface area contributed by atoms with Gasteiger partial charge in [0, 0.05) is 30.8 Å². The summed E-state index contributed by atoms with van der Waals surface area (Å²) in [6.07, 6.45) is 1.07. The van der Waals surface area contributed by atoms with Crippen molar-refractivity contribution in [3.8, 4) is 17.3 Å². The molecule has 0 radical (unpaired) electrons. The minimum atomic E-state index is 0.230. The molecule has 2 aromatic rings. The minimum Gasteiger partial charge on any atom is -0.368 e. The van der Waals surface area contributed by atoms with E-state index >= 15 is 0 Å². The van der Waals surface area contributed by atoms with Gasteiger partial charge in [-0.05, 0) is 19.5 Å². The predicted molar refractivity (Wildman–Crippen MR) is 86.3 cm³/mol. The van der Waals surface area contributed by atoms with Crippen LogP contribution in [0.4, 0.5) is 11.8 Å². The summed E-state index contributed by atoms with van der Waals surface area (Å²) in [6, 6.07) is 12.0. The van der Waals surface area contributed by atoms with Crippen LogP contribution in [0.5, 0.6) is 0 Å². The standard InChI is InChI=1S/C16H18N6/c1-19-12-6-7-22(10-12)15-8-14(20-16(18)21-15)13-5-3-2-4-11(13)9-17/h2-5,8,12,19H,6-7,10H2,1H3,(H2,18,20,21). The highest BCUT2D eigenvalue weighted by Gasteiger charge is 2.23. The van der Waals surface area contributed by atoms with Crippen LogP contribution >= 0.6 is 0 Å². The Balaban J connectivity index is 1.99. The van der Waals surface area contributed by atoms with Crippen molar-refractivity contribution in [2.24, 2.45) is 0 Å². The number of nitriles is 1. The van der Waals surface area contributed by atoms with Crippen LogP contribution in [0.15, 0.2) is 30.3 Å². The lowest BCUT2D eigenvalue weighted by molar-refractivity contribution is 0.616. The van der Waals surface area contributed by atoms with Crippen molar-refractivity contribution in [3.63, 3.8) is 0 Å². The van der Waals surface area contributed by atoms with E-state index in [1.165, 1.54) is 0 Å². The van der Waals surface area contributed by atoms with Gasteiger partial charge in [0.05, 0.1) is 17.3 Å². The van der Waals surface area contributed by atoms with Crippen molar-refractivity contribution in [3.05, 3.63) is 35.9 Å². The molecule has 2 heterocycles. The lowest BCUT2D eigenvalue weighted by atomic mass is 10.1. The number of benzene rings is 1. The Hall–Kier alpha value is -2.65. The third kappa shape index (κ3) is 2.71. The normalized spacial score (nSPS) is 17.5. The summed E-state index contributed by atoms with van der Waals surface area (Å²) in [5.41, 5.74) is 7.93. The number of nitrogens with zero attached hydrogens (tertiary/aromatic N) is 4. The van der Waals surface area contributed by atoms with Gasteiger partial charge in [-0.25, -0.2) is 4.98 Å². The van der Waals surface area contributed by atoms with Gasteiger partial charge in [0.25, 0.3) is 0 Å². The van der Waals surface area contributed by atoms with E-state index in [2.05, 4.69) is 26.3 Å². The van der Waals surface area contributed by atoms with E-state index in [1.54, 1.807) is 6.07 Å². The first-order valence-corrected chi connectivity index (χ1v) is 7.27. The van der Waals surface area contributed by atoms with Crippen molar-refractivity contribution in [2.75, 3.05) is 30.8 Å². The van der Waals surface area contributed by atoms with Crippen LogP contribution in [-0.4, -0.2) is 36.1 Å². The number of hydrogen-bond donors (Lipinski definition) is 2. The molecule has 1 fully saturated rings. The second-order valence-corrected chi connectivity index (χ2v) is 5.35. The van der Waals surface area contributed by atoms with Gasteiger partial charge >= 0.3 is 0 Å². The summed E-state index contributed by atoms with van der Waals surface area (Å²) in [5, 5.41) is 12.5. The van der Waals surface area contributed by atoms with Gasteiger partial charge in [-0.2, -0.15) is 10.2 Å². The number of nitrogens with two attached hydrogens (primary N) is 1. The summed E-state index contributed by atoms with van der Waals surface area (Å²) in [5.74, 6) is 1.04. The molecule has 1 aromatic heterocycles. The van der Waals surface area contributed by atoms with Crippen LogP contribution in [0.3, 0.4) is 0 Å². The number of likely N-dealkylation sites (N-methyl/N-ethyl adjacent to an activating group) is 1. The van der Waals surface area contributed by atoms with Crippen LogP contribution in [-0.2, 0) is 0 Å². The smallest absolute Gasteiger partial charge is 0.222 e. The second kappa shape index (κ2) is 6.00.